The second kappa shape index (κ2) is 2.52. The Hall–Kier alpha value is -1.31. The first-order chi connectivity index (χ1) is 4.70. The first-order valence-electron chi connectivity index (χ1n) is 3.00. The van der Waals surface area contributed by atoms with Crippen LogP contribution in [0, 0.1) is 6.92 Å². The predicted molar refractivity (Wildman–Crippen MR) is 38.1 cm³/mol. The van der Waals surface area contributed by atoms with Crippen LogP contribution in [-0.2, 0) is 0 Å². The van der Waals surface area contributed by atoms with Gasteiger partial charge in [0.05, 0.1) is 5.56 Å². The molecule has 1 aromatic carbocycles. The van der Waals surface area contributed by atoms with Gasteiger partial charge in [0.15, 0.2) is 0 Å². The maximum atomic E-state index is 10.3. The van der Waals surface area contributed by atoms with E-state index in [1.54, 1.807) is 24.3 Å². The molecule has 1 N–H and O–H groups in total. The number of rotatable bonds is 1. The van der Waals surface area contributed by atoms with Gasteiger partial charge in [-0.15, -0.1) is 0 Å². The minimum Gasteiger partial charge on any atom is -0.478 e. The van der Waals surface area contributed by atoms with Crippen LogP contribution in [0.1, 0.15) is 15.9 Å². The molecule has 0 aliphatic carbocycles. The smallest absolute Gasteiger partial charge is 0.335 e. The van der Waals surface area contributed by atoms with Crippen molar-refractivity contribution in [3.63, 3.8) is 0 Å². The lowest BCUT2D eigenvalue weighted by Crippen LogP contribution is -1.94. The Balaban J connectivity index is 3.00. The Morgan fingerprint density at radius 3 is 2.20 bits per heavy atom. The fraction of sp³-hybridized carbons (Fsp3) is 0.125. The van der Waals surface area contributed by atoms with E-state index in [0.717, 1.165) is 5.56 Å². The number of aromatic carboxylic acids is 1. The zero-order chi connectivity index (χ0) is 7.56. The molecule has 1 rings (SSSR count). The van der Waals surface area contributed by atoms with Gasteiger partial charge in [-0.1, -0.05) is 17.7 Å². The van der Waals surface area contributed by atoms with Gasteiger partial charge < -0.3 is 5.11 Å². The van der Waals surface area contributed by atoms with Crippen molar-refractivity contribution in [2.24, 2.45) is 0 Å². The van der Waals surface area contributed by atoms with Gasteiger partial charge in [-0.2, -0.15) is 0 Å². The highest BCUT2D eigenvalue weighted by molar-refractivity contribution is 5.87. The first-order valence-corrected chi connectivity index (χ1v) is 3.00. The lowest BCUT2D eigenvalue weighted by atomic mass is 10.2. The van der Waals surface area contributed by atoms with E-state index in [-0.39, 0.29) is 0 Å². The number of benzene rings is 1. The van der Waals surface area contributed by atoms with Crippen molar-refractivity contribution >= 4 is 5.97 Å². The average molecular weight is 137 g/mol. The van der Waals surface area contributed by atoms with Crippen LogP contribution in [0.15, 0.2) is 24.3 Å². The van der Waals surface area contributed by atoms with Gasteiger partial charge in [0, 0.05) is 0 Å². The van der Waals surface area contributed by atoms with E-state index >= 15 is 0 Å². The zero-order valence-electron chi connectivity index (χ0n) is 5.66. The molecule has 0 fully saturated rings. The van der Waals surface area contributed by atoms with E-state index in [4.69, 9.17) is 5.11 Å². The SMILES string of the molecule is [13CH3]c1ccc(C(=O)O)cc1. The summed E-state index contributed by atoms with van der Waals surface area (Å²) in [5, 5.41) is 8.48. The molecule has 2 heteroatoms. The highest BCUT2D eigenvalue weighted by Gasteiger charge is 1.98. The number of aryl methyl sites for hydroxylation is 1. The zero-order valence-corrected chi connectivity index (χ0v) is 5.66. The van der Waals surface area contributed by atoms with Crippen LogP contribution in [0.4, 0.5) is 0 Å². The Kier molecular flexibility index (Phi) is 1.71. The largest absolute Gasteiger partial charge is 0.478 e. The van der Waals surface area contributed by atoms with Gasteiger partial charge in [-0.05, 0) is 19.1 Å². The molecule has 0 heterocycles. The molecule has 0 saturated carbocycles. The van der Waals surface area contributed by atoms with Crippen molar-refractivity contribution < 1.29 is 9.90 Å². The Morgan fingerprint density at radius 1 is 1.30 bits per heavy atom. The van der Waals surface area contributed by atoms with Gasteiger partial charge in [0.25, 0.3) is 0 Å². The molecule has 0 aliphatic rings. The molecule has 0 radical (unpaired) electrons. The van der Waals surface area contributed by atoms with Gasteiger partial charge in [0.2, 0.25) is 0 Å². The number of hydrogen-bond acceptors (Lipinski definition) is 1. The molecule has 0 atom stereocenters. The number of carboxylic acid groups (broad SMARTS) is 1. The Labute approximate surface area is 59.1 Å². The van der Waals surface area contributed by atoms with Crippen molar-refractivity contribution in [3.8, 4) is 0 Å². The predicted octanol–water partition coefficient (Wildman–Crippen LogP) is 1.69. The van der Waals surface area contributed by atoms with E-state index in [2.05, 4.69) is 0 Å². The molecular weight excluding hydrogens is 129 g/mol. The summed E-state index contributed by atoms with van der Waals surface area (Å²) in [6, 6.07) is 6.75. The summed E-state index contributed by atoms with van der Waals surface area (Å²) in [5.41, 5.74) is 1.41. The topological polar surface area (TPSA) is 37.3 Å². The maximum absolute atomic E-state index is 10.3. The van der Waals surface area contributed by atoms with E-state index in [1.165, 1.54) is 0 Å². The number of carbonyl (C=O) groups is 1. The second-order valence-electron chi connectivity index (χ2n) is 2.17. The number of carboxylic acids is 1. The molecule has 0 aliphatic heterocycles. The second-order valence-corrected chi connectivity index (χ2v) is 2.17. The summed E-state index contributed by atoms with van der Waals surface area (Å²) in [7, 11) is 0. The van der Waals surface area contributed by atoms with E-state index in [0.29, 0.717) is 5.56 Å². The summed E-state index contributed by atoms with van der Waals surface area (Å²) in [4.78, 5) is 10.3. The fourth-order valence-corrected chi connectivity index (χ4v) is 0.696. The van der Waals surface area contributed by atoms with Crippen LogP contribution in [0.25, 0.3) is 0 Å². The van der Waals surface area contributed by atoms with Crippen LogP contribution in [0.2, 0.25) is 0 Å². The van der Waals surface area contributed by atoms with Crippen LogP contribution in [0.5, 0.6) is 0 Å². The van der Waals surface area contributed by atoms with Crippen molar-refractivity contribution in [3.05, 3.63) is 35.4 Å². The van der Waals surface area contributed by atoms with Crippen molar-refractivity contribution in [1.29, 1.82) is 0 Å². The third-order valence-corrected chi connectivity index (χ3v) is 1.30. The Morgan fingerprint density at radius 2 is 1.80 bits per heavy atom. The summed E-state index contributed by atoms with van der Waals surface area (Å²) < 4.78 is 0. The molecule has 0 saturated heterocycles. The summed E-state index contributed by atoms with van der Waals surface area (Å²) in [5.74, 6) is -0.875. The third-order valence-electron chi connectivity index (χ3n) is 1.30. The van der Waals surface area contributed by atoms with Gasteiger partial charge in [-0.3, -0.25) is 0 Å². The minimum absolute atomic E-state index is 0.339. The van der Waals surface area contributed by atoms with Crippen LogP contribution >= 0.6 is 0 Å². The molecule has 0 bridgehead atoms. The molecule has 0 spiro atoms. The van der Waals surface area contributed by atoms with Gasteiger partial charge in [-0.25, -0.2) is 4.79 Å². The van der Waals surface area contributed by atoms with E-state index in [1.807, 2.05) is 6.92 Å². The van der Waals surface area contributed by atoms with Crippen LogP contribution in [-0.4, -0.2) is 11.1 Å². The summed E-state index contributed by atoms with van der Waals surface area (Å²) >= 11 is 0. The van der Waals surface area contributed by atoms with Crippen LogP contribution in [0.3, 0.4) is 0 Å². The first kappa shape index (κ1) is 6.81. The summed E-state index contributed by atoms with van der Waals surface area (Å²) in [6.07, 6.45) is 0. The minimum atomic E-state index is -0.875. The quantitative estimate of drug-likeness (QED) is 0.598. The molecule has 0 unspecified atom stereocenters. The summed E-state index contributed by atoms with van der Waals surface area (Å²) in [6.45, 7) is 1.92. The maximum Gasteiger partial charge on any atom is 0.335 e. The van der Waals surface area contributed by atoms with Gasteiger partial charge >= 0.3 is 5.97 Å². The molecular formula is C8H8O2. The highest BCUT2D eigenvalue weighted by Crippen LogP contribution is 2.01. The van der Waals surface area contributed by atoms with Crippen molar-refractivity contribution in [1.82, 2.24) is 0 Å². The fourth-order valence-electron chi connectivity index (χ4n) is 0.696. The van der Waals surface area contributed by atoms with Crippen molar-refractivity contribution in [2.45, 2.75) is 6.92 Å². The Bertz CT molecular complexity index is 236. The average Bonchev–Trinajstić information content (AvgIpc) is 1.88. The monoisotopic (exact) mass is 137 g/mol. The normalized spacial score (nSPS) is 9.30. The van der Waals surface area contributed by atoms with E-state index < -0.39 is 5.97 Å². The molecule has 0 aromatic heterocycles. The molecule has 10 heavy (non-hydrogen) atoms. The van der Waals surface area contributed by atoms with Crippen LogP contribution < -0.4 is 0 Å². The molecule has 2 nitrogen and oxygen atoms in total. The van der Waals surface area contributed by atoms with E-state index in [9.17, 15) is 4.79 Å². The number of hydrogen-bond donors (Lipinski definition) is 1. The molecule has 52 valence electrons. The third kappa shape index (κ3) is 1.35. The lowest BCUT2D eigenvalue weighted by molar-refractivity contribution is 0.0697. The molecule has 1 aromatic rings. The highest BCUT2D eigenvalue weighted by atomic mass is 16.4. The lowest BCUT2D eigenvalue weighted by Gasteiger charge is -1.92. The van der Waals surface area contributed by atoms with Crippen molar-refractivity contribution in [2.75, 3.05) is 0 Å². The van der Waals surface area contributed by atoms with Gasteiger partial charge in [0.1, 0.15) is 0 Å². The standard InChI is InChI=1S/C8H8O2/c1-6-2-4-7(5-3-6)8(9)10/h2-5H,1H3,(H,9,10)/i1+1. The molecule has 0 amide bonds.